The Morgan fingerprint density at radius 2 is 2.00 bits per heavy atom. The lowest BCUT2D eigenvalue weighted by molar-refractivity contribution is -0.133. The molecule has 0 spiro atoms. The molecule has 1 aromatic carbocycles. The smallest absolute Gasteiger partial charge is 0.227 e. The van der Waals surface area contributed by atoms with Gasteiger partial charge in [-0.2, -0.15) is 0 Å². The summed E-state index contributed by atoms with van der Waals surface area (Å²) >= 11 is 0. The Labute approximate surface area is 137 Å². The molecule has 124 valence electrons. The zero-order valence-corrected chi connectivity index (χ0v) is 13.7. The average Bonchev–Trinajstić information content (AvgIpc) is 2.94. The molecular formula is C18H25N3O2. The predicted molar refractivity (Wildman–Crippen MR) is 90.1 cm³/mol. The second kappa shape index (κ2) is 6.71. The lowest BCUT2D eigenvalue weighted by Gasteiger charge is -2.36. The van der Waals surface area contributed by atoms with Crippen LogP contribution in [0.1, 0.15) is 38.2 Å². The molecular weight excluding hydrogens is 290 g/mol. The number of amides is 2. The number of piperidine rings is 1. The number of hydrogen-bond acceptors (Lipinski definition) is 3. The molecule has 2 saturated heterocycles. The van der Waals surface area contributed by atoms with Gasteiger partial charge >= 0.3 is 0 Å². The molecule has 5 heteroatoms. The summed E-state index contributed by atoms with van der Waals surface area (Å²) in [5.41, 5.74) is 7.88. The molecule has 0 aliphatic carbocycles. The van der Waals surface area contributed by atoms with Crippen molar-refractivity contribution < 1.29 is 9.59 Å². The number of rotatable bonds is 3. The third-order valence-electron chi connectivity index (χ3n) is 4.91. The molecule has 2 heterocycles. The van der Waals surface area contributed by atoms with Crippen LogP contribution in [0, 0.1) is 0 Å². The first-order valence-electron chi connectivity index (χ1n) is 8.49. The van der Waals surface area contributed by atoms with Gasteiger partial charge in [-0.05, 0) is 43.9 Å². The first-order chi connectivity index (χ1) is 11.0. The molecule has 2 atom stereocenters. The summed E-state index contributed by atoms with van der Waals surface area (Å²) in [6, 6.07) is 8.24. The summed E-state index contributed by atoms with van der Waals surface area (Å²) in [5.74, 6) is 0.349. The van der Waals surface area contributed by atoms with E-state index >= 15 is 0 Å². The van der Waals surface area contributed by atoms with Gasteiger partial charge in [-0.15, -0.1) is 0 Å². The van der Waals surface area contributed by atoms with Crippen molar-refractivity contribution in [2.45, 2.75) is 51.1 Å². The second-order valence-corrected chi connectivity index (χ2v) is 6.71. The Bertz CT molecular complexity index is 584. The minimum absolute atomic E-state index is 0.161. The van der Waals surface area contributed by atoms with Gasteiger partial charge in [0.2, 0.25) is 11.8 Å². The Kier molecular flexibility index (Phi) is 4.66. The number of hydrogen-bond donors (Lipinski definition) is 1. The number of anilines is 1. The summed E-state index contributed by atoms with van der Waals surface area (Å²) in [4.78, 5) is 28.0. The predicted octanol–water partition coefficient (Wildman–Crippen LogP) is 1.69. The molecule has 0 unspecified atom stereocenters. The largest absolute Gasteiger partial charge is 0.340 e. The number of likely N-dealkylation sites (tertiary alicyclic amines) is 1. The molecule has 2 N–H and O–H groups in total. The van der Waals surface area contributed by atoms with Crippen LogP contribution in [0.4, 0.5) is 5.69 Å². The standard InChI is InChI=1S/C18H25N3O2/c1-13-11-15(19)8-10-20(13)18(23)12-14-4-6-16(7-5-14)21-9-2-3-17(21)22/h4-7,13,15H,2-3,8-12,19H2,1H3/t13-,15-/m0/s1. The summed E-state index contributed by atoms with van der Waals surface area (Å²) < 4.78 is 0. The molecule has 1 aromatic rings. The maximum absolute atomic E-state index is 12.5. The SMILES string of the molecule is C[C@H]1C[C@@H](N)CCN1C(=O)Cc1ccc(N2CCCC2=O)cc1. The van der Waals surface area contributed by atoms with Gasteiger partial charge in [0, 0.05) is 37.3 Å². The molecule has 2 aliphatic rings. The zero-order valence-electron chi connectivity index (χ0n) is 13.7. The lowest BCUT2D eigenvalue weighted by Crippen LogP contribution is -2.48. The summed E-state index contributed by atoms with van der Waals surface area (Å²) in [6.07, 6.45) is 3.73. The van der Waals surface area contributed by atoms with Gasteiger partial charge in [0.1, 0.15) is 0 Å². The fraction of sp³-hybridized carbons (Fsp3) is 0.556. The first-order valence-corrected chi connectivity index (χ1v) is 8.49. The fourth-order valence-corrected chi connectivity index (χ4v) is 3.57. The van der Waals surface area contributed by atoms with Gasteiger partial charge in [0.05, 0.1) is 6.42 Å². The van der Waals surface area contributed by atoms with Crippen LogP contribution >= 0.6 is 0 Å². The van der Waals surface area contributed by atoms with Gasteiger partial charge < -0.3 is 15.5 Å². The molecule has 23 heavy (non-hydrogen) atoms. The highest BCUT2D eigenvalue weighted by molar-refractivity contribution is 5.95. The Morgan fingerprint density at radius 1 is 1.26 bits per heavy atom. The summed E-state index contributed by atoms with van der Waals surface area (Å²) in [7, 11) is 0. The fourth-order valence-electron chi connectivity index (χ4n) is 3.57. The van der Waals surface area contributed by atoms with Crippen LogP contribution in [-0.2, 0) is 16.0 Å². The van der Waals surface area contributed by atoms with Crippen LogP contribution < -0.4 is 10.6 Å². The highest BCUT2D eigenvalue weighted by atomic mass is 16.2. The van der Waals surface area contributed by atoms with E-state index in [1.807, 2.05) is 34.1 Å². The normalized spacial score (nSPS) is 25.0. The quantitative estimate of drug-likeness (QED) is 0.923. The molecule has 2 amide bonds. The molecule has 3 rings (SSSR count). The monoisotopic (exact) mass is 315 g/mol. The topological polar surface area (TPSA) is 66.6 Å². The lowest BCUT2D eigenvalue weighted by atomic mass is 9.98. The van der Waals surface area contributed by atoms with Gasteiger partial charge in [-0.25, -0.2) is 0 Å². The summed E-state index contributed by atoms with van der Waals surface area (Å²) in [5, 5.41) is 0. The molecule has 5 nitrogen and oxygen atoms in total. The Balaban J connectivity index is 1.62. The number of carbonyl (C=O) groups is 2. The highest BCUT2D eigenvalue weighted by Gasteiger charge is 2.27. The zero-order chi connectivity index (χ0) is 16.4. The van der Waals surface area contributed by atoms with E-state index in [9.17, 15) is 9.59 Å². The van der Waals surface area contributed by atoms with Gasteiger partial charge in [0.25, 0.3) is 0 Å². The molecule has 0 saturated carbocycles. The molecule has 0 bridgehead atoms. The minimum Gasteiger partial charge on any atom is -0.340 e. The van der Waals surface area contributed by atoms with Crippen molar-refractivity contribution in [1.29, 1.82) is 0 Å². The van der Waals surface area contributed by atoms with Crippen molar-refractivity contribution in [3.8, 4) is 0 Å². The van der Waals surface area contributed by atoms with Crippen molar-refractivity contribution in [2.75, 3.05) is 18.0 Å². The van der Waals surface area contributed by atoms with E-state index in [4.69, 9.17) is 5.73 Å². The van der Waals surface area contributed by atoms with E-state index in [-0.39, 0.29) is 23.9 Å². The molecule has 0 aromatic heterocycles. The van der Waals surface area contributed by atoms with E-state index in [2.05, 4.69) is 6.92 Å². The van der Waals surface area contributed by atoms with Crippen molar-refractivity contribution in [3.63, 3.8) is 0 Å². The van der Waals surface area contributed by atoms with Crippen molar-refractivity contribution in [1.82, 2.24) is 4.90 Å². The van der Waals surface area contributed by atoms with E-state index in [1.165, 1.54) is 0 Å². The van der Waals surface area contributed by atoms with Crippen LogP contribution in [0.5, 0.6) is 0 Å². The van der Waals surface area contributed by atoms with Gasteiger partial charge in [-0.1, -0.05) is 12.1 Å². The van der Waals surface area contributed by atoms with Crippen molar-refractivity contribution in [3.05, 3.63) is 29.8 Å². The minimum atomic E-state index is 0.161. The van der Waals surface area contributed by atoms with E-state index in [1.54, 1.807) is 0 Å². The van der Waals surface area contributed by atoms with Crippen LogP contribution in [0.2, 0.25) is 0 Å². The molecule has 2 fully saturated rings. The Morgan fingerprint density at radius 3 is 2.61 bits per heavy atom. The van der Waals surface area contributed by atoms with Crippen LogP contribution in [-0.4, -0.2) is 41.9 Å². The molecule has 0 radical (unpaired) electrons. The third kappa shape index (κ3) is 3.55. The van der Waals surface area contributed by atoms with Crippen LogP contribution in [0.3, 0.4) is 0 Å². The van der Waals surface area contributed by atoms with Crippen molar-refractivity contribution >= 4 is 17.5 Å². The third-order valence-corrected chi connectivity index (χ3v) is 4.91. The van der Waals surface area contributed by atoms with Crippen LogP contribution in [0.25, 0.3) is 0 Å². The second-order valence-electron chi connectivity index (χ2n) is 6.71. The first kappa shape index (κ1) is 16.0. The summed E-state index contributed by atoms with van der Waals surface area (Å²) in [6.45, 7) is 3.61. The average molecular weight is 315 g/mol. The van der Waals surface area contributed by atoms with Crippen LogP contribution in [0.15, 0.2) is 24.3 Å². The van der Waals surface area contributed by atoms with E-state index in [0.717, 1.165) is 43.6 Å². The number of nitrogens with zero attached hydrogens (tertiary/aromatic N) is 2. The van der Waals surface area contributed by atoms with E-state index < -0.39 is 0 Å². The van der Waals surface area contributed by atoms with Gasteiger partial charge in [0.15, 0.2) is 0 Å². The number of nitrogens with two attached hydrogens (primary N) is 1. The van der Waals surface area contributed by atoms with E-state index in [0.29, 0.717) is 12.8 Å². The maximum Gasteiger partial charge on any atom is 0.227 e. The number of carbonyl (C=O) groups excluding carboxylic acids is 2. The number of benzene rings is 1. The maximum atomic E-state index is 12.5. The molecule has 2 aliphatic heterocycles. The van der Waals surface area contributed by atoms with Crippen molar-refractivity contribution in [2.24, 2.45) is 5.73 Å². The Hall–Kier alpha value is -1.88. The van der Waals surface area contributed by atoms with Gasteiger partial charge in [-0.3, -0.25) is 9.59 Å². The highest BCUT2D eigenvalue weighted by Crippen LogP contribution is 2.22.